The van der Waals surface area contributed by atoms with E-state index in [9.17, 15) is 4.79 Å². The van der Waals surface area contributed by atoms with Gasteiger partial charge in [0.2, 0.25) is 0 Å². The van der Waals surface area contributed by atoms with Crippen LogP contribution in [0.5, 0.6) is 0 Å². The first-order valence-electron chi connectivity index (χ1n) is 3.39. The van der Waals surface area contributed by atoms with E-state index in [0.717, 1.165) is 19.4 Å². The van der Waals surface area contributed by atoms with E-state index in [0.29, 0.717) is 11.7 Å². The van der Waals surface area contributed by atoms with Gasteiger partial charge in [-0.3, -0.25) is 10.2 Å². The SMILES string of the molecule is O=C1CCC2CNNC12. The van der Waals surface area contributed by atoms with Gasteiger partial charge in [0.1, 0.15) is 0 Å². The summed E-state index contributed by atoms with van der Waals surface area (Å²) in [6, 6.07) is 0.144. The van der Waals surface area contributed by atoms with Crippen LogP contribution in [-0.2, 0) is 4.79 Å². The van der Waals surface area contributed by atoms with Crippen molar-refractivity contribution in [3.8, 4) is 0 Å². The molecule has 1 saturated carbocycles. The maximum absolute atomic E-state index is 11.0. The molecule has 3 heteroatoms. The molecule has 1 saturated heterocycles. The average Bonchev–Trinajstić information content (AvgIpc) is 2.35. The molecule has 2 fully saturated rings. The fourth-order valence-corrected chi connectivity index (χ4v) is 1.63. The molecule has 1 aliphatic heterocycles. The second kappa shape index (κ2) is 1.78. The van der Waals surface area contributed by atoms with Crippen molar-refractivity contribution in [2.75, 3.05) is 6.54 Å². The van der Waals surface area contributed by atoms with Crippen LogP contribution in [0, 0.1) is 5.92 Å². The van der Waals surface area contributed by atoms with Gasteiger partial charge >= 0.3 is 0 Å². The smallest absolute Gasteiger partial charge is 0.151 e. The van der Waals surface area contributed by atoms with Gasteiger partial charge in [-0.15, -0.1) is 0 Å². The Labute approximate surface area is 53.8 Å². The number of carbonyl (C=O) groups is 1. The van der Waals surface area contributed by atoms with E-state index in [1.165, 1.54) is 0 Å². The van der Waals surface area contributed by atoms with Gasteiger partial charge in [-0.2, -0.15) is 0 Å². The van der Waals surface area contributed by atoms with Crippen LogP contribution in [-0.4, -0.2) is 18.4 Å². The quantitative estimate of drug-likeness (QED) is 0.457. The molecule has 1 aliphatic carbocycles. The van der Waals surface area contributed by atoms with E-state index in [-0.39, 0.29) is 6.04 Å². The normalized spacial score (nSPS) is 41.6. The summed E-state index contributed by atoms with van der Waals surface area (Å²) < 4.78 is 0. The molecule has 50 valence electrons. The standard InChI is InChI=1S/C6H10N2O/c9-5-2-1-4-3-7-8-6(4)5/h4,6-8H,1-3H2. The minimum atomic E-state index is 0.144. The van der Waals surface area contributed by atoms with Crippen LogP contribution >= 0.6 is 0 Å². The number of hydrogen-bond acceptors (Lipinski definition) is 3. The lowest BCUT2D eigenvalue weighted by Gasteiger charge is -2.02. The summed E-state index contributed by atoms with van der Waals surface area (Å²) in [5.74, 6) is 0.961. The molecule has 0 aromatic rings. The molecule has 2 atom stereocenters. The van der Waals surface area contributed by atoms with E-state index in [1.807, 2.05) is 0 Å². The second-order valence-electron chi connectivity index (χ2n) is 2.77. The van der Waals surface area contributed by atoms with Crippen molar-refractivity contribution < 1.29 is 4.79 Å². The van der Waals surface area contributed by atoms with Crippen molar-refractivity contribution in [2.45, 2.75) is 18.9 Å². The highest BCUT2D eigenvalue weighted by atomic mass is 16.1. The predicted molar refractivity (Wildman–Crippen MR) is 32.7 cm³/mol. The largest absolute Gasteiger partial charge is 0.298 e. The third-order valence-electron chi connectivity index (χ3n) is 2.20. The number of fused-ring (bicyclic) bond motifs is 1. The van der Waals surface area contributed by atoms with Gasteiger partial charge < -0.3 is 0 Å². The zero-order valence-corrected chi connectivity index (χ0v) is 5.18. The maximum atomic E-state index is 11.0. The summed E-state index contributed by atoms with van der Waals surface area (Å²) in [5.41, 5.74) is 5.95. The fraction of sp³-hybridized carbons (Fsp3) is 0.833. The minimum Gasteiger partial charge on any atom is -0.298 e. The molecule has 0 amide bonds. The fourth-order valence-electron chi connectivity index (χ4n) is 1.63. The Hall–Kier alpha value is -0.410. The number of carbonyl (C=O) groups excluding carboxylic acids is 1. The molecule has 9 heavy (non-hydrogen) atoms. The Morgan fingerprint density at radius 1 is 1.56 bits per heavy atom. The Morgan fingerprint density at radius 2 is 2.44 bits per heavy atom. The number of Topliss-reactive ketones (excluding diaryl/α,β-unsaturated/α-hetero) is 1. The third-order valence-corrected chi connectivity index (χ3v) is 2.20. The van der Waals surface area contributed by atoms with Crippen LogP contribution in [0.4, 0.5) is 0 Å². The molecule has 0 spiro atoms. The molecular formula is C6H10N2O. The van der Waals surface area contributed by atoms with Crippen LogP contribution in [0.15, 0.2) is 0 Å². The zero-order valence-electron chi connectivity index (χ0n) is 5.18. The minimum absolute atomic E-state index is 0.144. The first kappa shape index (κ1) is 5.38. The van der Waals surface area contributed by atoms with Gasteiger partial charge in [0, 0.05) is 13.0 Å². The maximum Gasteiger partial charge on any atom is 0.151 e. The molecular weight excluding hydrogens is 116 g/mol. The molecule has 2 aliphatic rings. The number of rotatable bonds is 0. The predicted octanol–water partition coefficient (Wildman–Crippen LogP) is -0.558. The summed E-state index contributed by atoms with van der Waals surface area (Å²) >= 11 is 0. The molecule has 3 nitrogen and oxygen atoms in total. The van der Waals surface area contributed by atoms with Gasteiger partial charge in [0.25, 0.3) is 0 Å². The van der Waals surface area contributed by atoms with Crippen molar-refractivity contribution in [1.29, 1.82) is 0 Å². The molecule has 2 unspecified atom stereocenters. The lowest BCUT2D eigenvalue weighted by Crippen LogP contribution is -2.34. The molecule has 0 bridgehead atoms. The Kier molecular flexibility index (Phi) is 1.07. The highest BCUT2D eigenvalue weighted by Crippen LogP contribution is 2.23. The first-order valence-corrected chi connectivity index (χ1v) is 3.39. The Bertz CT molecular complexity index is 146. The zero-order chi connectivity index (χ0) is 6.27. The van der Waals surface area contributed by atoms with E-state index in [2.05, 4.69) is 10.9 Å². The lowest BCUT2D eigenvalue weighted by molar-refractivity contribution is -0.119. The first-order chi connectivity index (χ1) is 4.38. The highest BCUT2D eigenvalue weighted by Gasteiger charge is 2.37. The van der Waals surface area contributed by atoms with Gasteiger partial charge in [-0.05, 0) is 12.3 Å². The molecule has 2 N–H and O–H groups in total. The van der Waals surface area contributed by atoms with Crippen molar-refractivity contribution in [2.24, 2.45) is 5.92 Å². The second-order valence-corrected chi connectivity index (χ2v) is 2.77. The van der Waals surface area contributed by atoms with Crippen LogP contribution in [0.2, 0.25) is 0 Å². The summed E-state index contributed by atoms with van der Waals surface area (Å²) in [4.78, 5) is 11.0. The van der Waals surface area contributed by atoms with Gasteiger partial charge in [-0.25, -0.2) is 5.43 Å². The number of hydrogen-bond donors (Lipinski definition) is 2. The summed E-state index contributed by atoms with van der Waals surface area (Å²) in [7, 11) is 0. The molecule has 0 aromatic carbocycles. The summed E-state index contributed by atoms with van der Waals surface area (Å²) in [6.45, 7) is 0.969. The van der Waals surface area contributed by atoms with E-state index in [1.54, 1.807) is 0 Å². The number of hydrazine groups is 1. The lowest BCUT2D eigenvalue weighted by atomic mass is 10.1. The van der Waals surface area contributed by atoms with Gasteiger partial charge in [-0.1, -0.05) is 0 Å². The van der Waals surface area contributed by atoms with E-state index in [4.69, 9.17) is 0 Å². The molecule has 1 heterocycles. The van der Waals surface area contributed by atoms with E-state index < -0.39 is 0 Å². The summed E-state index contributed by atoms with van der Waals surface area (Å²) in [6.07, 6.45) is 1.85. The number of nitrogens with one attached hydrogen (secondary N) is 2. The van der Waals surface area contributed by atoms with Crippen LogP contribution in [0.1, 0.15) is 12.8 Å². The Balaban J connectivity index is 2.15. The molecule has 0 radical (unpaired) electrons. The highest BCUT2D eigenvalue weighted by molar-refractivity contribution is 5.86. The van der Waals surface area contributed by atoms with Crippen LogP contribution in [0.3, 0.4) is 0 Å². The van der Waals surface area contributed by atoms with Gasteiger partial charge in [0.15, 0.2) is 5.78 Å². The summed E-state index contributed by atoms with van der Waals surface area (Å²) in [5, 5.41) is 0. The van der Waals surface area contributed by atoms with Crippen molar-refractivity contribution in [3.63, 3.8) is 0 Å². The third kappa shape index (κ3) is 0.686. The van der Waals surface area contributed by atoms with E-state index >= 15 is 0 Å². The average molecular weight is 126 g/mol. The van der Waals surface area contributed by atoms with Gasteiger partial charge in [0.05, 0.1) is 6.04 Å². The van der Waals surface area contributed by atoms with Crippen molar-refractivity contribution in [1.82, 2.24) is 10.9 Å². The number of ketones is 1. The topological polar surface area (TPSA) is 41.1 Å². The van der Waals surface area contributed by atoms with Crippen LogP contribution < -0.4 is 10.9 Å². The molecule has 2 rings (SSSR count). The van der Waals surface area contributed by atoms with Crippen molar-refractivity contribution in [3.05, 3.63) is 0 Å². The monoisotopic (exact) mass is 126 g/mol. The Morgan fingerprint density at radius 3 is 3.22 bits per heavy atom. The van der Waals surface area contributed by atoms with Crippen LogP contribution in [0.25, 0.3) is 0 Å². The van der Waals surface area contributed by atoms with Crippen molar-refractivity contribution >= 4 is 5.78 Å². The molecule has 0 aromatic heterocycles.